The molecule has 5 nitrogen and oxygen atoms in total. The van der Waals surface area contributed by atoms with Gasteiger partial charge in [-0.1, -0.05) is 6.92 Å². The minimum Gasteiger partial charge on any atom is -0.459 e. The van der Waals surface area contributed by atoms with E-state index in [-0.39, 0.29) is 17.7 Å². The average molecular weight is 346 g/mol. The summed E-state index contributed by atoms with van der Waals surface area (Å²) in [5, 5.41) is 3.01. The van der Waals surface area contributed by atoms with Crippen LogP contribution in [0.4, 0.5) is 0 Å². The van der Waals surface area contributed by atoms with E-state index in [0.29, 0.717) is 25.4 Å². The van der Waals surface area contributed by atoms with Gasteiger partial charge in [0.05, 0.1) is 18.7 Å². The molecule has 3 rings (SSSR count). The number of nitrogens with zero attached hydrogens (tertiary/aromatic N) is 1. The smallest absolute Gasteiger partial charge is 0.289 e. The SMILES string of the molecule is CCc1ccc(CNC(=O)C2CCCN(C(=O)c3ccco3)C2)s1. The average Bonchev–Trinajstić information content (AvgIpc) is 3.30. The van der Waals surface area contributed by atoms with Crippen LogP contribution in [0.3, 0.4) is 0 Å². The summed E-state index contributed by atoms with van der Waals surface area (Å²) in [6.45, 7) is 3.82. The Morgan fingerprint density at radius 3 is 2.88 bits per heavy atom. The highest BCUT2D eigenvalue weighted by Crippen LogP contribution is 2.20. The van der Waals surface area contributed by atoms with Crippen molar-refractivity contribution in [1.82, 2.24) is 10.2 Å². The van der Waals surface area contributed by atoms with Crippen LogP contribution in [0.2, 0.25) is 0 Å². The molecule has 0 aliphatic carbocycles. The van der Waals surface area contributed by atoms with E-state index in [4.69, 9.17) is 4.42 Å². The number of nitrogens with one attached hydrogen (secondary N) is 1. The Hall–Kier alpha value is -2.08. The molecule has 0 bridgehead atoms. The van der Waals surface area contributed by atoms with Gasteiger partial charge in [0.15, 0.2) is 5.76 Å². The third-order valence-corrected chi connectivity index (χ3v) is 5.54. The minimum atomic E-state index is -0.150. The lowest BCUT2D eigenvalue weighted by Gasteiger charge is -2.31. The standard InChI is InChI=1S/C18H22N2O3S/c1-2-14-7-8-15(24-14)11-19-17(21)13-5-3-9-20(12-13)18(22)16-6-4-10-23-16/h4,6-8,10,13H,2-3,5,9,11-12H2,1H3,(H,19,21). The molecule has 0 spiro atoms. The van der Waals surface area contributed by atoms with Crippen molar-refractivity contribution in [3.8, 4) is 0 Å². The molecule has 24 heavy (non-hydrogen) atoms. The maximum atomic E-state index is 12.4. The maximum Gasteiger partial charge on any atom is 0.289 e. The number of amides is 2. The first-order valence-electron chi connectivity index (χ1n) is 8.35. The summed E-state index contributed by atoms with van der Waals surface area (Å²) in [7, 11) is 0. The normalized spacial score (nSPS) is 17.7. The number of hydrogen-bond donors (Lipinski definition) is 1. The van der Waals surface area contributed by atoms with Gasteiger partial charge in [0.25, 0.3) is 5.91 Å². The van der Waals surface area contributed by atoms with Gasteiger partial charge in [0.2, 0.25) is 5.91 Å². The third-order valence-electron chi connectivity index (χ3n) is 4.31. The first-order chi connectivity index (χ1) is 11.7. The number of furan rings is 1. The highest BCUT2D eigenvalue weighted by atomic mass is 32.1. The highest BCUT2D eigenvalue weighted by molar-refractivity contribution is 7.11. The van der Waals surface area contributed by atoms with E-state index in [0.717, 1.165) is 19.3 Å². The fraction of sp³-hybridized carbons (Fsp3) is 0.444. The van der Waals surface area contributed by atoms with Gasteiger partial charge in [-0.3, -0.25) is 9.59 Å². The van der Waals surface area contributed by atoms with Gasteiger partial charge in [-0.25, -0.2) is 0 Å². The molecule has 1 atom stereocenters. The number of aryl methyl sites for hydroxylation is 1. The monoisotopic (exact) mass is 346 g/mol. The van der Waals surface area contributed by atoms with Gasteiger partial charge in [0, 0.05) is 22.8 Å². The maximum absolute atomic E-state index is 12.4. The van der Waals surface area contributed by atoms with Gasteiger partial charge in [0.1, 0.15) is 0 Å². The van der Waals surface area contributed by atoms with Crippen LogP contribution in [-0.4, -0.2) is 29.8 Å². The Morgan fingerprint density at radius 2 is 2.17 bits per heavy atom. The summed E-state index contributed by atoms with van der Waals surface area (Å²) >= 11 is 1.73. The molecular weight excluding hydrogens is 324 g/mol. The van der Waals surface area contributed by atoms with Gasteiger partial charge in [-0.2, -0.15) is 0 Å². The second kappa shape index (κ2) is 7.66. The molecule has 2 aromatic heterocycles. The number of carbonyl (C=O) groups excluding carboxylic acids is 2. The zero-order valence-electron chi connectivity index (χ0n) is 13.8. The van der Waals surface area contributed by atoms with Crippen molar-refractivity contribution in [3.63, 3.8) is 0 Å². The van der Waals surface area contributed by atoms with Gasteiger partial charge in [-0.15, -0.1) is 11.3 Å². The number of rotatable bonds is 5. The van der Waals surface area contributed by atoms with Crippen molar-refractivity contribution in [1.29, 1.82) is 0 Å². The predicted molar refractivity (Wildman–Crippen MR) is 92.9 cm³/mol. The molecule has 0 aromatic carbocycles. The Balaban J connectivity index is 1.54. The number of thiophene rings is 1. The van der Waals surface area contributed by atoms with Crippen LogP contribution in [0.1, 0.15) is 40.1 Å². The predicted octanol–water partition coefficient (Wildman–Crippen LogP) is 3.07. The zero-order chi connectivity index (χ0) is 16.9. The summed E-state index contributed by atoms with van der Waals surface area (Å²) in [5.41, 5.74) is 0. The van der Waals surface area contributed by atoms with Crippen molar-refractivity contribution < 1.29 is 14.0 Å². The summed E-state index contributed by atoms with van der Waals surface area (Å²) in [4.78, 5) is 29.0. The zero-order valence-corrected chi connectivity index (χ0v) is 14.6. The van der Waals surface area contributed by atoms with Crippen molar-refractivity contribution in [3.05, 3.63) is 46.0 Å². The van der Waals surface area contributed by atoms with Gasteiger partial charge < -0.3 is 14.6 Å². The molecule has 128 valence electrons. The quantitative estimate of drug-likeness (QED) is 0.905. The largest absolute Gasteiger partial charge is 0.459 e. The molecule has 1 N–H and O–H groups in total. The molecular formula is C18H22N2O3S. The molecule has 1 fully saturated rings. The molecule has 1 unspecified atom stereocenters. The Kier molecular flexibility index (Phi) is 5.35. The molecule has 3 heterocycles. The van der Waals surface area contributed by atoms with Crippen LogP contribution in [0.15, 0.2) is 34.9 Å². The summed E-state index contributed by atoms with van der Waals surface area (Å²) in [6.07, 6.45) is 4.17. The van der Waals surface area contributed by atoms with Crippen molar-refractivity contribution >= 4 is 23.2 Å². The Morgan fingerprint density at radius 1 is 1.33 bits per heavy atom. The van der Waals surface area contributed by atoms with E-state index in [1.807, 2.05) is 0 Å². The molecule has 0 radical (unpaired) electrons. The lowest BCUT2D eigenvalue weighted by Crippen LogP contribution is -2.45. The van der Waals surface area contributed by atoms with Crippen LogP contribution < -0.4 is 5.32 Å². The molecule has 1 aliphatic rings. The Bertz CT molecular complexity index is 693. The summed E-state index contributed by atoms with van der Waals surface area (Å²) < 4.78 is 5.17. The molecule has 1 saturated heterocycles. The number of piperidine rings is 1. The van der Waals surface area contributed by atoms with Crippen molar-refractivity contribution in [2.75, 3.05) is 13.1 Å². The van der Waals surface area contributed by atoms with E-state index in [1.165, 1.54) is 16.0 Å². The van der Waals surface area contributed by atoms with E-state index in [9.17, 15) is 9.59 Å². The van der Waals surface area contributed by atoms with Crippen molar-refractivity contribution in [2.45, 2.75) is 32.7 Å². The van der Waals surface area contributed by atoms with E-state index < -0.39 is 0 Å². The fourth-order valence-corrected chi connectivity index (χ4v) is 3.86. The van der Waals surface area contributed by atoms with Crippen LogP contribution in [0.25, 0.3) is 0 Å². The number of carbonyl (C=O) groups is 2. The van der Waals surface area contributed by atoms with E-state index in [2.05, 4.69) is 24.4 Å². The molecule has 2 amide bonds. The molecule has 6 heteroatoms. The van der Waals surface area contributed by atoms with Gasteiger partial charge >= 0.3 is 0 Å². The lowest BCUT2D eigenvalue weighted by molar-refractivity contribution is -0.126. The van der Waals surface area contributed by atoms with Crippen LogP contribution >= 0.6 is 11.3 Å². The summed E-state index contributed by atoms with van der Waals surface area (Å²) in [5.74, 6) is 0.0757. The highest BCUT2D eigenvalue weighted by Gasteiger charge is 2.29. The van der Waals surface area contributed by atoms with E-state index in [1.54, 1.807) is 28.4 Å². The third kappa shape index (κ3) is 3.87. The fourth-order valence-electron chi connectivity index (χ4n) is 2.96. The first kappa shape index (κ1) is 16.8. The van der Waals surface area contributed by atoms with Crippen LogP contribution in [0.5, 0.6) is 0 Å². The molecule has 2 aromatic rings. The summed E-state index contributed by atoms with van der Waals surface area (Å²) in [6, 6.07) is 7.54. The minimum absolute atomic E-state index is 0.0263. The lowest BCUT2D eigenvalue weighted by atomic mass is 9.97. The van der Waals surface area contributed by atoms with E-state index >= 15 is 0 Å². The van der Waals surface area contributed by atoms with Crippen LogP contribution in [0, 0.1) is 5.92 Å². The first-order valence-corrected chi connectivity index (χ1v) is 9.17. The second-order valence-electron chi connectivity index (χ2n) is 6.01. The van der Waals surface area contributed by atoms with Crippen LogP contribution in [-0.2, 0) is 17.8 Å². The van der Waals surface area contributed by atoms with Gasteiger partial charge in [-0.05, 0) is 43.5 Å². The molecule has 0 saturated carbocycles. The number of likely N-dealkylation sites (tertiary alicyclic amines) is 1. The molecule has 1 aliphatic heterocycles. The number of hydrogen-bond acceptors (Lipinski definition) is 4. The van der Waals surface area contributed by atoms with Crippen molar-refractivity contribution in [2.24, 2.45) is 5.92 Å². The topological polar surface area (TPSA) is 62.6 Å². The Labute approximate surface area is 145 Å². The second-order valence-corrected chi connectivity index (χ2v) is 7.26.